The maximum Gasteiger partial charge on any atom is 0.228 e. The molecule has 2 rings (SSSR count). The molecule has 0 spiro atoms. The van der Waals surface area contributed by atoms with E-state index in [9.17, 15) is 4.79 Å². The van der Waals surface area contributed by atoms with Crippen LogP contribution >= 0.6 is 15.9 Å². The molecule has 1 N–H and O–H groups in total. The van der Waals surface area contributed by atoms with E-state index >= 15 is 0 Å². The zero-order valence-corrected chi connectivity index (χ0v) is 13.2. The van der Waals surface area contributed by atoms with Crippen molar-refractivity contribution in [3.05, 3.63) is 22.7 Å². The lowest BCUT2D eigenvalue weighted by molar-refractivity contribution is -0.122. The van der Waals surface area contributed by atoms with Gasteiger partial charge in [-0.3, -0.25) is 4.79 Å². The third kappa shape index (κ3) is 3.11. The highest BCUT2D eigenvalue weighted by Crippen LogP contribution is 2.43. The van der Waals surface area contributed by atoms with Crippen molar-refractivity contribution in [1.82, 2.24) is 0 Å². The van der Waals surface area contributed by atoms with E-state index in [2.05, 4.69) is 35.1 Å². The number of hydrogen-bond acceptors (Lipinski definition) is 2. The van der Waals surface area contributed by atoms with Crippen LogP contribution in [0.1, 0.15) is 33.1 Å². The number of ether oxygens (including phenoxy) is 1. The molecule has 0 aromatic heterocycles. The van der Waals surface area contributed by atoms with Crippen molar-refractivity contribution < 1.29 is 9.53 Å². The van der Waals surface area contributed by atoms with E-state index in [1.165, 1.54) is 0 Å². The maximum absolute atomic E-state index is 12.4. The minimum absolute atomic E-state index is 0.0798. The molecule has 0 saturated heterocycles. The summed E-state index contributed by atoms with van der Waals surface area (Å²) in [7, 11) is 1.61. The van der Waals surface area contributed by atoms with Crippen LogP contribution in [0, 0.1) is 11.3 Å². The molecular formula is C15H20BrNO2. The lowest BCUT2D eigenvalue weighted by Gasteiger charge is -2.26. The number of halogens is 1. The highest BCUT2D eigenvalue weighted by Gasteiger charge is 2.39. The molecule has 104 valence electrons. The monoisotopic (exact) mass is 325 g/mol. The summed E-state index contributed by atoms with van der Waals surface area (Å²) in [5, 5.41) is 3.01. The first-order valence-electron chi connectivity index (χ1n) is 6.58. The molecule has 1 aliphatic rings. The second-order valence-electron chi connectivity index (χ2n) is 5.77. The molecule has 3 nitrogen and oxygen atoms in total. The predicted molar refractivity (Wildman–Crippen MR) is 80.4 cm³/mol. The Hall–Kier alpha value is -1.03. The number of rotatable bonds is 3. The van der Waals surface area contributed by atoms with Gasteiger partial charge >= 0.3 is 0 Å². The van der Waals surface area contributed by atoms with Crippen molar-refractivity contribution in [3.63, 3.8) is 0 Å². The van der Waals surface area contributed by atoms with Crippen LogP contribution < -0.4 is 10.1 Å². The van der Waals surface area contributed by atoms with Gasteiger partial charge in [0.2, 0.25) is 5.91 Å². The van der Waals surface area contributed by atoms with Crippen LogP contribution in [-0.4, -0.2) is 13.0 Å². The molecule has 0 heterocycles. The van der Waals surface area contributed by atoms with Gasteiger partial charge in [0.25, 0.3) is 0 Å². The van der Waals surface area contributed by atoms with Crippen molar-refractivity contribution in [3.8, 4) is 5.75 Å². The smallest absolute Gasteiger partial charge is 0.228 e. The molecule has 1 aromatic rings. The number of methoxy groups -OCH3 is 1. The Morgan fingerprint density at radius 3 is 2.79 bits per heavy atom. The first-order valence-corrected chi connectivity index (χ1v) is 7.38. The number of anilines is 1. The van der Waals surface area contributed by atoms with Gasteiger partial charge < -0.3 is 10.1 Å². The van der Waals surface area contributed by atoms with E-state index in [1.807, 2.05) is 18.2 Å². The normalized spacial score (nSPS) is 21.2. The second-order valence-corrected chi connectivity index (χ2v) is 6.68. The summed E-state index contributed by atoms with van der Waals surface area (Å²) in [4.78, 5) is 12.4. The minimum Gasteiger partial charge on any atom is -0.495 e. The molecular weight excluding hydrogens is 306 g/mol. The van der Waals surface area contributed by atoms with Gasteiger partial charge in [-0.15, -0.1) is 0 Å². The van der Waals surface area contributed by atoms with Crippen molar-refractivity contribution >= 4 is 27.5 Å². The van der Waals surface area contributed by atoms with Crippen LogP contribution in [0.2, 0.25) is 0 Å². The van der Waals surface area contributed by atoms with Crippen LogP contribution in [0.25, 0.3) is 0 Å². The van der Waals surface area contributed by atoms with Crippen LogP contribution in [0.15, 0.2) is 22.7 Å². The van der Waals surface area contributed by atoms with E-state index in [-0.39, 0.29) is 17.2 Å². The summed E-state index contributed by atoms with van der Waals surface area (Å²) < 4.78 is 6.21. The summed E-state index contributed by atoms with van der Waals surface area (Å²) in [6.07, 6.45) is 3.20. The van der Waals surface area contributed by atoms with Crippen LogP contribution in [-0.2, 0) is 4.79 Å². The molecule has 1 aliphatic carbocycles. The fraction of sp³-hybridized carbons (Fsp3) is 0.533. The highest BCUT2D eigenvalue weighted by molar-refractivity contribution is 9.10. The summed E-state index contributed by atoms with van der Waals surface area (Å²) in [6.45, 7) is 4.34. The van der Waals surface area contributed by atoms with E-state index in [1.54, 1.807) is 7.11 Å². The Balaban J connectivity index is 2.17. The quantitative estimate of drug-likeness (QED) is 0.903. The minimum atomic E-state index is 0.0798. The van der Waals surface area contributed by atoms with Gasteiger partial charge in [0.1, 0.15) is 5.75 Å². The maximum atomic E-state index is 12.4. The van der Waals surface area contributed by atoms with E-state index < -0.39 is 0 Å². The Kier molecular flexibility index (Phi) is 4.19. The van der Waals surface area contributed by atoms with Crippen molar-refractivity contribution in [1.29, 1.82) is 0 Å². The first kappa shape index (κ1) is 14.4. The SMILES string of the molecule is COc1ccc(Br)cc1NC(=O)C1CCCC1(C)C. The Labute approximate surface area is 122 Å². The van der Waals surface area contributed by atoms with Crippen molar-refractivity contribution in [2.75, 3.05) is 12.4 Å². The van der Waals surface area contributed by atoms with Gasteiger partial charge in [0.05, 0.1) is 12.8 Å². The summed E-state index contributed by atoms with van der Waals surface area (Å²) in [6, 6.07) is 5.62. The van der Waals surface area contributed by atoms with Crippen molar-refractivity contribution in [2.24, 2.45) is 11.3 Å². The largest absolute Gasteiger partial charge is 0.495 e. The lowest BCUT2D eigenvalue weighted by Crippen LogP contribution is -2.30. The van der Waals surface area contributed by atoms with Crippen molar-refractivity contribution in [2.45, 2.75) is 33.1 Å². The number of benzene rings is 1. The molecule has 0 radical (unpaired) electrons. The zero-order valence-electron chi connectivity index (χ0n) is 11.6. The molecule has 1 atom stereocenters. The van der Waals surface area contributed by atoms with Gasteiger partial charge in [-0.1, -0.05) is 36.2 Å². The highest BCUT2D eigenvalue weighted by atomic mass is 79.9. The molecule has 0 aliphatic heterocycles. The standard InChI is InChI=1S/C15H20BrNO2/c1-15(2)8-4-5-11(15)14(18)17-12-9-10(16)6-7-13(12)19-3/h6-7,9,11H,4-5,8H2,1-3H3,(H,17,18). The first-order chi connectivity index (χ1) is 8.94. The fourth-order valence-corrected chi connectivity index (χ4v) is 3.17. The molecule has 0 bridgehead atoms. The number of carbonyl (C=O) groups is 1. The molecule has 1 unspecified atom stereocenters. The van der Waals surface area contributed by atoms with E-state index in [0.717, 1.165) is 29.4 Å². The Morgan fingerprint density at radius 1 is 1.47 bits per heavy atom. The van der Waals surface area contributed by atoms with E-state index in [0.29, 0.717) is 5.75 Å². The molecule has 19 heavy (non-hydrogen) atoms. The third-order valence-electron chi connectivity index (χ3n) is 3.99. The Bertz CT molecular complexity index is 485. The van der Waals surface area contributed by atoms with Gasteiger partial charge in [0.15, 0.2) is 0 Å². The summed E-state index contributed by atoms with van der Waals surface area (Å²) in [5.41, 5.74) is 0.813. The molecule has 1 saturated carbocycles. The number of carbonyl (C=O) groups excluding carboxylic acids is 1. The summed E-state index contributed by atoms with van der Waals surface area (Å²) >= 11 is 3.41. The number of amides is 1. The average Bonchev–Trinajstić information content (AvgIpc) is 2.69. The van der Waals surface area contributed by atoms with Crippen LogP contribution in [0.4, 0.5) is 5.69 Å². The van der Waals surface area contributed by atoms with E-state index in [4.69, 9.17) is 4.74 Å². The molecule has 1 aromatic carbocycles. The number of nitrogens with one attached hydrogen (secondary N) is 1. The van der Waals surface area contributed by atoms with Gasteiger partial charge in [-0.05, 0) is 36.5 Å². The zero-order chi connectivity index (χ0) is 14.0. The van der Waals surface area contributed by atoms with Gasteiger partial charge in [-0.25, -0.2) is 0 Å². The second kappa shape index (κ2) is 5.53. The molecule has 1 amide bonds. The lowest BCUT2D eigenvalue weighted by atomic mass is 9.81. The average molecular weight is 326 g/mol. The van der Waals surface area contributed by atoms with Crippen LogP contribution in [0.5, 0.6) is 5.75 Å². The molecule has 4 heteroatoms. The number of hydrogen-bond donors (Lipinski definition) is 1. The van der Waals surface area contributed by atoms with Gasteiger partial charge in [0, 0.05) is 10.4 Å². The molecule has 1 fully saturated rings. The summed E-state index contributed by atoms with van der Waals surface area (Å²) in [5.74, 6) is 0.863. The fourth-order valence-electron chi connectivity index (χ4n) is 2.81. The third-order valence-corrected chi connectivity index (χ3v) is 4.49. The Morgan fingerprint density at radius 2 is 2.21 bits per heavy atom. The van der Waals surface area contributed by atoms with Gasteiger partial charge in [-0.2, -0.15) is 0 Å². The predicted octanol–water partition coefficient (Wildman–Crippen LogP) is 4.22. The van der Waals surface area contributed by atoms with Crippen LogP contribution in [0.3, 0.4) is 0 Å². The topological polar surface area (TPSA) is 38.3 Å².